The Hall–Kier alpha value is -0.185. The van der Waals surface area contributed by atoms with E-state index in [0.29, 0.717) is 23.1 Å². The molecular weight excluding hydrogens is 116 g/mol. The highest BCUT2D eigenvalue weighted by atomic mass is 16.7. The maximum absolute atomic E-state index is 4.62. The fourth-order valence-corrected chi connectivity index (χ4v) is 0.279. The second-order valence-electron chi connectivity index (χ2n) is 1.37. The highest BCUT2D eigenvalue weighted by molar-refractivity contribution is 6.50. The van der Waals surface area contributed by atoms with E-state index in [1.54, 1.807) is 6.08 Å². The van der Waals surface area contributed by atoms with E-state index in [1.165, 1.54) is 0 Å². The minimum atomic E-state index is 0.375. The van der Waals surface area contributed by atoms with E-state index >= 15 is 0 Å². The summed E-state index contributed by atoms with van der Waals surface area (Å²) >= 11 is 0. The summed E-state index contributed by atoms with van der Waals surface area (Å²) in [5, 5.41) is 0. The maximum atomic E-state index is 4.62. The minimum absolute atomic E-state index is 0.375. The van der Waals surface area contributed by atoms with E-state index < -0.39 is 0 Å². The van der Waals surface area contributed by atoms with Gasteiger partial charge in [-0.25, -0.2) is 0 Å². The molecule has 9 heavy (non-hydrogen) atoms. The van der Waals surface area contributed by atoms with Gasteiger partial charge in [-0.2, -0.15) is 0 Å². The molecule has 1 fully saturated rings. The third-order valence-electron chi connectivity index (χ3n) is 0.500. The molecule has 0 amide bonds. The first-order valence-electron chi connectivity index (χ1n) is 2.72. The summed E-state index contributed by atoms with van der Waals surface area (Å²) in [7, 11) is 1.12. The van der Waals surface area contributed by atoms with Gasteiger partial charge in [0.15, 0.2) is 0 Å². The molecule has 0 N–H and O–H groups in total. The zero-order chi connectivity index (χ0) is 6.95. The summed E-state index contributed by atoms with van der Waals surface area (Å²) < 4.78 is 13.9. The standard InChI is InChI=1S/C3H6.B3H3O3/c1-3-2;1-4-2-6-3-5-1/h3H,1H2,2H3;1-3H. The van der Waals surface area contributed by atoms with Gasteiger partial charge in [-0.05, 0) is 6.92 Å². The van der Waals surface area contributed by atoms with Gasteiger partial charge >= 0.3 is 23.1 Å². The summed E-state index contributed by atoms with van der Waals surface area (Å²) in [6.45, 7) is 5.25. The van der Waals surface area contributed by atoms with Crippen molar-refractivity contribution in [3.05, 3.63) is 12.7 Å². The van der Waals surface area contributed by atoms with E-state index in [2.05, 4.69) is 20.3 Å². The molecule has 0 aromatic rings. The molecule has 0 spiro atoms. The van der Waals surface area contributed by atoms with Gasteiger partial charge in [0.25, 0.3) is 0 Å². The number of allylic oxidation sites excluding steroid dienone is 1. The van der Waals surface area contributed by atoms with Crippen LogP contribution in [0.4, 0.5) is 0 Å². The maximum Gasteiger partial charge on any atom is 0.410 e. The monoisotopic (exact) mass is 126 g/mol. The SMILES string of the molecule is B1OBOBO1.C=CC. The van der Waals surface area contributed by atoms with Gasteiger partial charge in [0.1, 0.15) is 0 Å². The van der Waals surface area contributed by atoms with Crippen LogP contribution in [0, 0.1) is 0 Å². The molecule has 1 aliphatic rings. The topological polar surface area (TPSA) is 27.7 Å². The van der Waals surface area contributed by atoms with E-state index in [0.717, 1.165) is 0 Å². The van der Waals surface area contributed by atoms with Crippen LogP contribution in [0.5, 0.6) is 0 Å². The van der Waals surface area contributed by atoms with Crippen molar-refractivity contribution in [3.8, 4) is 0 Å². The van der Waals surface area contributed by atoms with Crippen molar-refractivity contribution in [1.82, 2.24) is 0 Å². The first-order chi connectivity index (χ1) is 4.41. The molecule has 0 bridgehead atoms. The van der Waals surface area contributed by atoms with Crippen LogP contribution in [-0.4, -0.2) is 23.1 Å². The Kier molecular flexibility index (Phi) is 7.65. The molecule has 6 heteroatoms. The molecule has 48 valence electrons. The lowest BCUT2D eigenvalue weighted by Gasteiger charge is -2.07. The van der Waals surface area contributed by atoms with Crippen LogP contribution in [0.3, 0.4) is 0 Å². The summed E-state index contributed by atoms with van der Waals surface area (Å²) in [4.78, 5) is 0. The molecule has 0 aromatic carbocycles. The molecule has 0 atom stereocenters. The van der Waals surface area contributed by atoms with Crippen LogP contribution in [0.25, 0.3) is 0 Å². The first kappa shape index (κ1) is 8.81. The van der Waals surface area contributed by atoms with Crippen LogP contribution >= 0.6 is 0 Å². The summed E-state index contributed by atoms with van der Waals surface area (Å²) in [6.07, 6.45) is 1.75. The Morgan fingerprint density at radius 1 is 1.11 bits per heavy atom. The Bertz CT molecular complexity index is 53.8. The Morgan fingerprint density at radius 3 is 1.44 bits per heavy atom. The van der Waals surface area contributed by atoms with E-state index in [1.807, 2.05) is 6.92 Å². The van der Waals surface area contributed by atoms with Crippen LogP contribution < -0.4 is 0 Å². The number of hydrogen-bond acceptors (Lipinski definition) is 3. The van der Waals surface area contributed by atoms with E-state index in [4.69, 9.17) is 0 Å². The average molecular weight is 126 g/mol. The van der Waals surface area contributed by atoms with Crippen LogP contribution in [-0.2, 0) is 13.7 Å². The fraction of sp³-hybridized carbons (Fsp3) is 0.333. The normalized spacial score (nSPS) is 14.8. The largest absolute Gasteiger partial charge is 0.458 e. The molecule has 1 saturated heterocycles. The van der Waals surface area contributed by atoms with Crippen molar-refractivity contribution >= 4 is 23.1 Å². The summed E-state index contributed by atoms with van der Waals surface area (Å²) in [6, 6.07) is 0. The van der Waals surface area contributed by atoms with Crippen LogP contribution in [0.2, 0.25) is 0 Å². The third kappa shape index (κ3) is 7.81. The molecule has 0 saturated carbocycles. The van der Waals surface area contributed by atoms with E-state index in [9.17, 15) is 0 Å². The second-order valence-corrected chi connectivity index (χ2v) is 1.37. The van der Waals surface area contributed by atoms with Gasteiger partial charge in [0.05, 0.1) is 0 Å². The Labute approximate surface area is 57.3 Å². The molecule has 0 aliphatic carbocycles. The minimum Gasteiger partial charge on any atom is -0.458 e. The van der Waals surface area contributed by atoms with Crippen molar-refractivity contribution in [2.45, 2.75) is 6.92 Å². The second kappa shape index (κ2) is 7.81. The quantitative estimate of drug-likeness (QED) is 0.308. The van der Waals surface area contributed by atoms with Crippen LogP contribution in [0.15, 0.2) is 12.7 Å². The van der Waals surface area contributed by atoms with Crippen molar-refractivity contribution in [3.63, 3.8) is 0 Å². The first-order valence-corrected chi connectivity index (χ1v) is 2.72. The molecule has 0 unspecified atom stereocenters. The zero-order valence-electron chi connectivity index (χ0n) is 5.63. The van der Waals surface area contributed by atoms with Gasteiger partial charge in [-0.15, -0.1) is 6.58 Å². The summed E-state index contributed by atoms with van der Waals surface area (Å²) in [5.74, 6) is 0. The van der Waals surface area contributed by atoms with Crippen molar-refractivity contribution < 1.29 is 13.7 Å². The molecule has 1 heterocycles. The Morgan fingerprint density at radius 2 is 1.33 bits per heavy atom. The molecule has 0 aromatic heterocycles. The molecule has 0 radical (unpaired) electrons. The molecule has 1 aliphatic heterocycles. The smallest absolute Gasteiger partial charge is 0.410 e. The Balaban J connectivity index is 0.000000187. The van der Waals surface area contributed by atoms with Crippen molar-refractivity contribution in [1.29, 1.82) is 0 Å². The van der Waals surface area contributed by atoms with Gasteiger partial charge in [-0.3, -0.25) is 0 Å². The predicted molar refractivity (Wildman–Crippen MR) is 40.6 cm³/mol. The van der Waals surface area contributed by atoms with Crippen molar-refractivity contribution in [2.24, 2.45) is 0 Å². The van der Waals surface area contributed by atoms with Gasteiger partial charge in [0.2, 0.25) is 0 Å². The van der Waals surface area contributed by atoms with Crippen molar-refractivity contribution in [2.75, 3.05) is 0 Å². The summed E-state index contributed by atoms with van der Waals surface area (Å²) in [5.41, 5.74) is 0. The number of rotatable bonds is 0. The van der Waals surface area contributed by atoms with Gasteiger partial charge in [0, 0.05) is 0 Å². The lowest BCUT2D eigenvalue weighted by molar-refractivity contribution is 0.347. The lowest BCUT2D eigenvalue weighted by Crippen LogP contribution is -2.23. The van der Waals surface area contributed by atoms with Gasteiger partial charge < -0.3 is 13.7 Å². The zero-order valence-corrected chi connectivity index (χ0v) is 5.63. The number of hydrogen-bond donors (Lipinski definition) is 0. The lowest BCUT2D eigenvalue weighted by atomic mass is 10.1. The molecule has 1 rings (SSSR count). The van der Waals surface area contributed by atoms with Crippen LogP contribution in [0.1, 0.15) is 6.92 Å². The third-order valence-corrected chi connectivity index (χ3v) is 0.500. The van der Waals surface area contributed by atoms with E-state index in [-0.39, 0.29) is 0 Å². The van der Waals surface area contributed by atoms with Gasteiger partial charge in [-0.1, -0.05) is 6.08 Å². The predicted octanol–water partition coefficient (Wildman–Crippen LogP) is -0.958. The highest BCUT2D eigenvalue weighted by Gasteiger charge is 2.03. The average Bonchev–Trinajstić information content (AvgIpc) is 1.93. The molecule has 3 nitrogen and oxygen atoms in total. The molecular formula is C3H9B3O3. The highest BCUT2D eigenvalue weighted by Crippen LogP contribution is 1.78. The fourth-order valence-electron chi connectivity index (χ4n) is 0.279.